The lowest BCUT2D eigenvalue weighted by Gasteiger charge is -2.48. The van der Waals surface area contributed by atoms with Crippen molar-refractivity contribution < 1.29 is 5.11 Å². The molecule has 0 aromatic heterocycles. The van der Waals surface area contributed by atoms with E-state index >= 15 is 0 Å². The van der Waals surface area contributed by atoms with Crippen molar-refractivity contribution in [2.75, 3.05) is 14.1 Å². The molecule has 0 aliphatic heterocycles. The zero-order valence-electron chi connectivity index (χ0n) is 15.5. The minimum absolute atomic E-state index is 0.0307. The van der Waals surface area contributed by atoms with E-state index in [9.17, 15) is 5.11 Å². The van der Waals surface area contributed by atoms with E-state index in [1.165, 1.54) is 11.1 Å². The predicted molar refractivity (Wildman–Crippen MR) is 110 cm³/mol. The normalized spacial score (nSPS) is 26.2. The van der Waals surface area contributed by atoms with E-state index in [1.54, 1.807) is 0 Å². The first kappa shape index (κ1) is 19.7. The molecule has 1 saturated carbocycles. The highest BCUT2D eigenvalue weighted by Gasteiger charge is 2.43. The van der Waals surface area contributed by atoms with Crippen LogP contribution in [0.5, 0.6) is 0 Å². The Hall–Kier alpha value is -1.06. The van der Waals surface area contributed by atoms with Gasteiger partial charge in [-0.1, -0.05) is 47.5 Å². The molecule has 140 valence electrons. The molecule has 0 bridgehead atoms. The second kappa shape index (κ2) is 7.90. The topological polar surface area (TPSA) is 23.5 Å². The third kappa shape index (κ3) is 4.26. The summed E-state index contributed by atoms with van der Waals surface area (Å²) in [6.07, 6.45) is 5.17. The average Bonchev–Trinajstić information content (AvgIpc) is 2.63. The maximum atomic E-state index is 11.1. The average molecular weight is 392 g/mol. The minimum atomic E-state index is -0.592. The van der Waals surface area contributed by atoms with Gasteiger partial charge in [-0.05, 0) is 88.0 Å². The molecule has 4 heteroatoms. The molecule has 0 atom stereocenters. The van der Waals surface area contributed by atoms with Crippen LogP contribution in [0.1, 0.15) is 43.2 Å². The van der Waals surface area contributed by atoms with E-state index in [-0.39, 0.29) is 5.54 Å². The zero-order valence-corrected chi connectivity index (χ0v) is 17.0. The SMILES string of the molecule is CN(C)C1(c2ccc(Cl)cc2)CCC(O)(CCc2ccc(Cl)cc2)CC1. The van der Waals surface area contributed by atoms with E-state index in [0.29, 0.717) is 0 Å². The van der Waals surface area contributed by atoms with Crippen molar-refractivity contribution in [1.29, 1.82) is 0 Å². The van der Waals surface area contributed by atoms with E-state index in [4.69, 9.17) is 23.2 Å². The summed E-state index contributed by atoms with van der Waals surface area (Å²) in [4.78, 5) is 2.30. The van der Waals surface area contributed by atoms with Crippen LogP contribution in [-0.4, -0.2) is 29.7 Å². The van der Waals surface area contributed by atoms with Crippen LogP contribution in [0.2, 0.25) is 10.0 Å². The fourth-order valence-electron chi connectivity index (χ4n) is 4.16. The maximum absolute atomic E-state index is 11.1. The van der Waals surface area contributed by atoms with Crippen LogP contribution >= 0.6 is 23.2 Å². The summed E-state index contributed by atoms with van der Waals surface area (Å²) in [6.45, 7) is 0. The first-order valence-electron chi connectivity index (χ1n) is 9.23. The van der Waals surface area contributed by atoms with Gasteiger partial charge in [-0.3, -0.25) is 4.90 Å². The Balaban J connectivity index is 1.68. The molecular formula is C22H27Cl2NO. The van der Waals surface area contributed by atoms with E-state index in [2.05, 4.69) is 31.1 Å². The van der Waals surface area contributed by atoms with Gasteiger partial charge in [0.1, 0.15) is 0 Å². The van der Waals surface area contributed by atoms with Gasteiger partial charge in [0.05, 0.1) is 5.60 Å². The molecule has 0 unspecified atom stereocenters. The van der Waals surface area contributed by atoms with Crippen molar-refractivity contribution >= 4 is 23.2 Å². The van der Waals surface area contributed by atoms with Gasteiger partial charge < -0.3 is 5.11 Å². The molecule has 3 rings (SSSR count). The van der Waals surface area contributed by atoms with Crippen LogP contribution in [0, 0.1) is 0 Å². The van der Waals surface area contributed by atoms with E-state index in [1.807, 2.05) is 36.4 Å². The molecule has 0 saturated heterocycles. The number of rotatable bonds is 5. The molecule has 0 spiro atoms. The van der Waals surface area contributed by atoms with Gasteiger partial charge in [0.2, 0.25) is 0 Å². The molecule has 1 fully saturated rings. The highest BCUT2D eigenvalue weighted by molar-refractivity contribution is 6.30. The minimum Gasteiger partial charge on any atom is -0.390 e. The molecule has 1 N–H and O–H groups in total. The van der Waals surface area contributed by atoms with Crippen LogP contribution in [0.3, 0.4) is 0 Å². The highest BCUT2D eigenvalue weighted by atomic mass is 35.5. The summed E-state index contributed by atoms with van der Waals surface area (Å²) < 4.78 is 0. The molecule has 0 radical (unpaired) electrons. The molecule has 2 aromatic rings. The molecule has 26 heavy (non-hydrogen) atoms. The van der Waals surface area contributed by atoms with Gasteiger partial charge >= 0.3 is 0 Å². The van der Waals surface area contributed by atoms with Crippen molar-refractivity contribution in [1.82, 2.24) is 4.90 Å². The molecule has 2 aromatic carbocycles. The second-order valence-electron chi connectivity index (χ2n) is 7.78. The van der Waals surface area contributed by atoms with Crippen molar-refractivity contribution in [2.24, 2.45) is 0 Å². The van der Waals surface area contributed by atoms with E-state index < -0.39 is 5.60 Å². The molecular weight excluding hydrogens is 365 g/mol. The van der Waals surface area contributed by atoms with Crippen LogP contribution < -0.4 is 0 Å². The van der Waals surface area contributed by atoms with Crippen molar-refractivity contribution in [3.8, 4) is 0 Å². The monoisotopic (exact) mass is 391 g/mol. The molecule has 2 nitrogen and oxygen atoms in total. The van der Waals surface area contributed by atoms with Crippen LogP contribution in [-0.2, 0) is 12.0 Å². The number of hydrogen-bond acceptors (Lipinski definition) is 2. The fourth-order valence-corrected chi connectivity index (χ4v) is 4.41. The Morgan fingerprint density at radius 3 is 1.85 bits per heavy atom. The van der Waals surface area contributed by atoms with Crippen LogP contribution in [0.25, 0.3) is 0 Å². The Labute approximate surface area is 166 Å². The van der Waals surface area contributed by atoms with Crippen LogP contribution in [0.4, 0.5) is 0 Å². The van der Waals surface area contributed by atoms with Gasteiger partial charge in [0.15, 0.2) is 0 Å². The second-order valence-corrected chi connectivity index (χ2v) is 8.66. The largest absolute Gasteiger partial charge is 0.390 e. The summed E-state index contributed by atoms with van der Waals surface area (Å²) in [7, 11) is 4.26. The number of aliphatic hydroxyl groups is 1. The molecule has 1 aliphatic rings. The smallest absolute Gasteiger partial charge is 0.0652 e. The third-order valence-corrected chi connectivity index (χ3v) is 6.54. The number of hydrogen-bond donors (Lipinski definition) is 1. The standard InChI is InChI=1S/C22H27Cl2NO/c1-25(2)22(18-5-9-20(24)10-6-18)15-13-21(26,14-16-22)12-11-17-3-7-19(23)8-4-17/h3-10,26H,11-16H2,1-2H3. The predicted octanol–water partition coefficient (Wildman–Crippen LogP) is 5.69. The van der Waals surface area contributed by atoms with Crippen LogP contribution in [0.15, 0.2) is 48.5 Å². The number of halogens is 2. The first-order chi connectivity index (χ1) is 12.3. The molecule has 0 amide bonds. The summed E-state index contributed by atoms with van der Waals surface area (Å²) >= 11 is 12.0. The maximum Gasteiger partial charge on any atom is 0.0652 e. The molecule has 0 heterocycles. The van der Waals surface area contributed by atoms with Crippen molar-refractivity contribution in [2.45, 2.75) is 49.7 Å². The summed E-state index contributed by atoms with van der Waals surface area (Å²) in [6, 6.07) is 16.1. The van der Waals surface area contributed by atoms with E-state index in [0.717, 1.165) is 48.6 Å². The lowest BCUT2D eigenvalue weighted by atomic mass is 9.68. The van der Waals surface area contributed by atoms with Crippen molar-refractivity contribution in [3.63, 3.8) is 0 Å². The number of aryl methyl sites for hydroxylation is 1. The van der Waals surface area contributed by atoms with Gasteiger partial charge in [0.25, 0.3) is 0 Å². The lowest BCUT2D eigenvalue weighted by molar-refractivity contribution is -0.0512. The first-order valence-corrected chi connectivity index (χ1v) is 9.99. The Kier molecular flexibility index (Phi) is 5.98. The quantitative estimate of drug-likeness (QED) is 0.707. The summed E-state index contributed by atoms with van der Waals surface area (Å²) in [5, 5.41) is 12.6. The summed E-state index contributed by atoms with van der Waals surface area (Å²) in [5.41, 5.74) is 1.89. The fraction of sp³-hybridized carbons (Fsp3) is 0.455. The van der Waals surface area contributed by atoms with Gasteiger partial charge in [-0.25, -0.2) is 0 Å². The van der Waals surface area contributed by atoms with Crippen molar-refractivity contribution in [3.05, 3.63) is 69.7 Å². The number of benzene rings is 2. The Bertz CT molecular complexity index is 717. The highest BCUT2D eigenvalue weighted by Crippen LogP contribution is 2.46. The van der Waals surface area contributed by atoms with Gasteiger partial charge in [-0.2, -0.15) is 0 Å². The zero-order chi connectivity index (χ0) is 18.8. The van der Waals surface area contributed by atoms with Gasteiger partial charge in [-0.15, -0.1) is 0 Å². The van der Waals surface area contributed by atoms with Gasteiger partial charge in [0, 0.05) is 15.6 Å². The third-order valence-electron chi connectivity index (χ3n) is 6.04. The summed E-state index contributed by atoms with van der Waals surface area (Å²) in [5.74, 6) is 0. The lowest BCUT2D eigenvalue weighted by Crippen LogP contribution is -2.49. The Morgan fingerprint density at radius 1 is 0.846 bits per heavy atom. The molecule has 1 aliphatic carbocycles. The number of nitrogens with zero attached hydrogens (tertiary/aromatic N) is 1. The Morgan fingerprint density at radius 2 is 1.35 bits per heavy atom.